The fourth-order valence-corrected chi connectivity index (χ4v) is 3.09. The maximum absolute atomic E-state index is 5.29. The molecule has 0 N–H and O–H groups in total. The van der Waals surface area contributed by atoms with Gasteiger partial charge in [-0.2, -0.15) is 4.98 Å². The molecule has 1 atom stereocenters. The molecule has 0 aliphatic carbocycles. The van der Waals surface area contributed by atoms with E-state index < -0.39 is 0 Å². The molecule has 1 fully saturated rings. The second-order valence-corrected chi connectivity index (χ2v) is 5.98. The summed E-state index contributed by atoms with van der Waals surface area (Å²) in [5, 5.41) is 4.10. The molecule has 23 heavy (non-hydrogen) atoms. The van der Waals surface area contributed by atoms with Gasteiger partial charge in [-0.25, -0.2) is 0 Å². The third kappa shape index (κ3) is 3.11. The number of methoxy groups -OCH3 is 1. The molecule has 0 unspecified atom stereocenters. The van der Waals surface area contributed by atoms with Crippen molar-refractivity contribution in [2.75, 3.05) is 36.5 Å². The maximum atomic E-state index is 5.29. The lowest BCUT2D eigenvalue weighted by Crippen LogP contribution is -2.52. The number of ether oxygens (including phenoxy) is 1. The lowest BCUT2D eigenvalue weighted by Gasteiger charge is -2.40. The number of nitrogens with zero attached hydrogens (tertiary/aromatic N) is 4. The summed E-state index contributed by atoms with van der Waals surface area (Å²) in [7, 11) is 1.70. The summed E-state index contributed by atoms with van der Waals surface area (Å²) in [5.74, 6) is 2.30. The van der Waals surface area contributed by atoms with Gasteiger partial charge in [0.2, 0.25) is 5.89 Å². The zero-order chi connectivity index (χ0) is 16.4. The summed E-state index contributed by atoms with van der Waals surface area (Å²) in [6.45, 7) is 9.10. The smallest absolute Gasteiger partial charge is 0.266 e. The number of aryl methyl sites for hydroxylation is 2. The molecule has 1 saturated heterocycles. The summed E-state index contributed by atoms with van der Waals surface area (Å²) in [6, 6.07) is 6.57. The molecular formula is C17H24N4O2. The Morgan fingerprint density at radius 2 is 2.17 bits per heavy atom. The molecule has 124 valence electrons. The van der Waals surface area contributed by atoms with Crippen LogP contribution in [0, 0.1) is 6.92 Å². The Bertz CT molecular complexity index is 670. The Hall–Kier alpha value is -2.24. The van der Waals surface area contributed by atoms with E-state index in [9.17, 15) is 0 Å². The van der Waals surface area contributed by atoms with Crippen molar-refractivity contribution in [3.8, 4) is 5.75 Å². The first-order valence-corrected chi connectivity index (χ1v) is 8.11. The number of piperazine rings is 1. The van der Waals surface area contributed by atoms with Crippen LogP contribution in [0.1, 0.15) is 25.3 Å². The second-order valence-electron chi connectivity index (χ2n) is 5.98. The highest BCUT2D eigenvalue weighted by Gasteiger charge is 2.27. The molecule has 0 bridgehead atoms. The Labute approximate surface area is 137 Å². The van der Waals surface area contributed by atoms with E-state index in [1.807, 2.05) is 13.0 Å². The Kier molecular flexibility index (Phi) is 4.41. The molecule has 0 radical (unpaired) electrons. The molecule has 1 aromatic carbocycles. The van der Waals surface area contributed by atoms with Gasteiger partial charge in [0.25, 0.3) is 5.95 Å². The van der Waals surface area contributed by atoms with Crippen molar-refractivity contribution < 1.29 is 9.26 Å². The Balaban J connectivity index is 1.73. The first-order valence-electron chi connectivity index (χ1n) is 8.11. The highest BCUT2D eigenvalue weighted by Crippen LogP contribution is 2.27. The van der Waals surface area contributed by atoms with Crippen LogP contribution >= 0.6 is 0 Å². The maximum Gasteiger partial charge on any atom is 0.266 e. The van der Waals surface area contributed by atoms with Gasteiger partial charge in [0.05, 0.1) is 7.11 Å². The largest absolute Gasteiger partial charge is 0.497 e. The van der Waals surface area contributed by atoms with E-state index in [0.29, 0.717) is 17.9 Å². The van der Waals surface area contributed by atoms with Crippen LogP contribution in [-0.4, -0.2) is 42.9 Å². The van der Waals surface area contributed by atoms with Crippen molar-refractivity contribution in [2.45, 2.75) is 33.2 Å². The van der Waals surface area contributed by atoms with Crippen molar-refractivity contribution in [3.63, 3.8) is 0 Å². The Morgan fingerprint density at radius 3 is 2.78 bits per heavy atom. The van der Waals surface area contributed by atoms with Crippen LogP contribution in [0.5, 0.6) is 5.75 Å². The van der Waals surface area contributed by atoms with Gasteiger partial charge in [-0.15, -0.1) is 0 Å². The van der Waals surface area contributed by atoms with Crippen LogP contribution in [-0.2, 0) is 6.42 Å². The molecule has 0 spiro atoms. The molecular weight excluding hydrogens is 292 g/mol. The third-order valence-electron chi connectivity index (χ3n) is 4.39. The number of aromatic nitrogens is 2. The minimum absolute atomic E-state index is 0.326. The summed E-state index contributed by atoms with van der Waals surface area (Å²) in [6.07, 6.45) is 0.770. The van der Waals surface area contributed by atoms with Crippen molar-refractivity contribution in [3.05, 3.63) is 29.7 Å². The normalized spacial score (nSPS) is 18.3. The number of benzene rings is 1. The van der Waals surface area contributed by atoms with Crippen LogP contribution in [0.2, 0.25) is 0 Å². The summed E-state index contributed by atoms with van der Waals surface area (Å²) >= 11 is 0. The van der Waals surface area contributed by atoms with Gasteiger partial charge in [0, 0.05) is 37.8 Å². The zero-order valence-corrected chi connectivity index (χ0v) is 14.2. The second kappa shape index (κ2) is 6.48. The van der Waals surface area contributed by atoms with Gasteiger partial charge in [0.1, 0.15) is 5.75 Å². The number of rotatable bonds is 4. The molecule has 1 aromatic heterocycles. The van der Waals surface area contributed by atoms with E-state index >= 15 is 0 Å². The molecule has 2 aromatic rings. The quantitative estimate of drug-likeness (QED) is 0.864. The van der Waals surface area contributed by atoms with Crippen LogP contribution in [0.3, 0.4) is 0 Å². The molecule has 0 amide bonds. The number of hydrogen-bond donors (Lipinski definition) is 0. The highest BCUT2D eigenvalue weighted by molar-refractivity contribution is 5.57. The lowest BCUT2D eigenvalue weighted by molar-refractivity contribution is 0.379. The SMILES string of the molecule is CCc1nc(N2CCN(c3ccc(OC)cc3C)C[C@@H]2C)no1. The van der Waals surface area contributed by atoms with E-state index in [-0.39, 0.29) is 0 Å². The fraction of sp³-hybridized carbons (Fsp3) is 0.529. The van der Waals surface area contributed by atoms with E-state index in [1.165, 1.54) is 11.3 Å². The van der Waals surface area contributed by atoms with Gasteiger partial charge in [-0.05, 0) is 42.8 Å². The van der Waals surface area contributed by atoms with E-state index in [4.69, 9.17) is 9.26 Å². The molecule has 6 heteroatoms. The molecule has 0 saturated carbocycles. The number of anilines is 2. The van der Waals surface area contributed by atoms with Gasteiger partial charge < -0.3 is 19.1 Å². The third-order valence-corrected chi connectivity index (χ3v) is 4.39. The Morgan fingerprint density at radius 1 is 1.35 bits per heavy atom. The monoisotopic (exact) mass is 316 g/mol. The number of hydrogen-bond acceptors (Lipinski definition) is 6. The van der Waals surface area contributed by atoms with E-state index in [0.717, 1.165) is 31.8 Å². The zero-order valence-electron chi connectivity index (χ0n) is 14.2. The lowest BCUT2D eigenvalue weighted by atomic mass is 10.1. The minimum Gasteiger partial charge on any atom is -0.497 e. The van der Waals surface area contributed by atoms with Crippen molar-refractivity contribution in [1.82, 2.24) is 10.1 Å². The molecule has 2 heterocycles. The predicted molar refractivity (Wildman–Crippen MR) is 90.4 cm³/mol. The van der Waals surface area contributed by atoms with E-state index in [2.05, 4.69) is 45.9 Å². The first-order chi connectivity index (χ1) is 11.1. The van der Waals surface area contributed by atoms with Crippen molar-refractivity contribution >= 4 is 11.6 Å². The fourth-order valence-electron chi connectivity index (χ4n) is 3.09. The molecule has 1 aliphatic heterocycles. The minimum atomic E-state index is 0.326. The van der Waals surface area contributed by atoms with Gasteiger partial charge in [-0.3, -0.25) is 0 Å². The highest BCUT2D eigenvalue weighted by atomic mass is 16.5. The first kappa shape index (κ1) is 15.6. The van der Waals surface area contributed by atoms with Gasteiger partial charge >= 0.3 is 0 Å². The molecule has 1 aliphatic rings. The average molecular weight is 316 g/mol. The van der Waals surface area contributed by atoms with Gasteiger partial charge in [-0.1, -0.05) is 6.92 Å². The summed E-state index contributed by atoms with van der Waals surface area (Å²) in [4.78, 5) is 9.09. The van der Waals surface area contributed by atoms with Crippen molar-refractivity contribution in [1.29, 1.82) is 0 Å². The summed E-state index contributed by atoms with van der Waals surface area (Å²) in [5.41, 5.74) is 2.50. The van der Waals surface area contributed by atoms with Crippen LogP contribution < -0.4 is 14.5 Å². The molecule has 3 rings (SSSR count). The van der Waals surface area contributed by atoms with Gasteiger partial charge in [0.15, 0.2) is 0 Å². The van der Waals surface area contributed by atoms with Crippen LogP contribution in [0.25, 0.3) is 0 Å². The van der Waals surface area contributed by atoms with Crippen molar-refractivity contribution in [2.24, 2.45) is 0 Å². The standard InChI is InChI=1S/C17H24N4O2/c1-5-16-18-17(19-23-16)21-9-8-20(11-13(21)3)15-7-6-14(22-4)10-12(15)2/h6-7,10,13H,5,8-9,11H2,1-4H3/t13-/m0/s1. The average Bonchev–Trinajstić information content (AvgIpc) is 3.03. The van der Waals surface area contributed by atoms with Crippen LogP contribution in [0.15, 0.2) is 22.7 Å². The summed E-state index contributed by atoms with van der Waals surface area (Å²) < 4.78 is 10.5. The molecule has 6 nitrogen and oxygen atoms in total. The topological polar surface area (TPSA) is 54.6 Å². The van der Waals surface area contributed by atoms with Crippen LogP contribution in [0.4, 0.5) is 11.6 Å². The van der Waals surface area contributed by atoms with E-state index in [1.54, 1.807) is 7.11 Å². The predicted octanol–water partition coefficient (Wildman–Crippen LogP) is 2.66.